The molecule has 1 aliphatic heterocycles. The Morgan fingerprint density at radius 1 is 1.20 bits per heavy atom. The van der Waals surface area contributed by atoms with Gasteiger partial charge in [0.05, 0.1) is 29.5 Å². The maximum absolute atomic E-state index is 13.3. The molecule has 0 aliphatic carbocycles. The van der Waals surface area contributed by atoms with Gasteiger partial charge in [-0.2, -0.15) is 13.2 Å². The fourth-order valence-electron chi connectivity index (χ4n) is 3.81. The summed E-state index contributed by atoms with van der Waals surface area (Å²) in [5.74, 6) is -0.257. The molecule has 3 atom stereocenters. The first-order chi connectivity index (χ1) is 16.5. The molecule has 11 heteroatoms. The summed E-state index contributed by atoms with van der Waals surface area (Å²) < 4.78 is 44.5. The number of rotatable bonds is 6. The van der Waals surface area contributed by atoms with Crippen molar-refractivity contribution >= 4 is 23.3 Å². The summed E-state index contributed by atoms with van der Waals surface area (Å²) in [5.41, 5.74) is -0.209. The molecular formula is C24H29F3N4O4. The van der Waals surface area contributed by atoms with Crippen LogP contribution in [0.3, 0.4) is 0 Å². The van der Waals surface area contributed by atoms with Gasteiger partial charge in [0.1, 0.15) is 6.10 Å². The largest absolute Gasteiger partial charge is 0.486 e. The van der Waals surface area contributed by atoms with E-state index < -0.39 is 23.8 Å². The van der Waals surface area contributed by atoms with Crippen LogP contribution in [0.2, 0.25) is 0 Å². The van der Waals surface area contributed by atoms with Crippen molar-refractivity contribution in [3.63, 3.8) is 0 Å². The van der Waals surface area contributed by atoms with E-state index in [1.165, 1.54) is 0 Å². The molecule has 3 rings (SSSR count). The van der Waals surface area contributed by atoms with Gasteiger partial charge in [-0.1, -0.05) is 13.0 Å². The van der Waals surface area contributed by atoms with Gasteiger partial charge in [-0.05, 0) is 50.4 Å². The number of hydrogen-bond donors (Lipinski definition) is 4. The monoisotopic (exact) mass is 494 g/mol. The minimum atomic E-state index is -4.48. The Kier molecular flexibility index (Phi) is 8.23. The molecule has 1 heterocycles. The molecule has 0 saturated heterocycles. The van der Waals surface area contributed by atoms with Crippen molar-refractivity contribution in [3.8, 4) is 5.75 Å². The van der Waals surface area contributed by atoms with Gasteiger partial charge in [0.25, 0.3) is 5.91 Å². The molecule has 4 N–H and O–H groups in total. The second-order valence-corrected chi connectivity index (χ2v) is 8.52. The highest BCUT2D eigenvalue weighted by molar-refractivity contribution is 6.04. The number of aliphatic hydroxyl groups is 1. The number of carbonyl (C=O) groups is 2. The van der Waals surface area contributed by atoms with Crippen LogP contribution in [0.4, 0.5) is 29.3 Å². The zero-order valence-electron chi connectivity index (χ0n) is 19.6. The van der Waals surface area contributed by atoms with Crippen LogP contribution < -0.4 is 20.7 Å². The van der Waals surface area contributed by atoms with Crippen LogP contribution in [-0.2, 0) is 6.18 Å². The number of anilines is 2. The van der Waals surface area contributed by atoms with E-state index in [4.69, 9.17) is 4.74 Å². The summed E-state index contributed by atoms with van der Waals surface area (Å²) in [6.07, 6.45) is -4.82. The minimum absolute atomic E-state index is 0.0948. The topological polar surface area (TPSA) is 103 Å². The number of alkyl halides is 3. The van der Waals surface area contributed by atoms with Crippen LogP contribution in [0.5, 0.6) is 5.75 Å². The molecule has 0 spiro atoms. The average Bonchev–Trinajstić information content (AvgIpc) is 2.81. The number of aliphatic hydroxyl groups excluding tert-OH is 1. The van der Waals surface area contributed by atoms with Crippen LogP contribution in [-0.4, -0.2) is 60.8 Å². The first-order valence-electron chi connectivity index (χ1n) is 11.2. The lowest BCUT2D eigenvalue weighted by Gasteiger charge is -2.37. The number of hydrogen-bond acceptors (Lipinski definition) is 5. The average molecular weight is 495 g/mol. The van der Waals surface area contributed by atoms with Gasteiger partial charge >= 0.3 is 12.2 Å². The van der Waals surface area contributed by atoms with Crippen molar-refractivity contribution in [1.82, 2.24) is 10.2 Å². The number of nitrogens with one attached hydrogen (secondary N) is 3. The zero-order valence-corrected chi connectivity index (χ0v) is 19.6. The number of ether oxygens (including phenoxy) is 1. The quantitative estimate of drug-likeness (QED) is 0.490. The van der Waals surface area contributed by atoms with Crippen LogP contribution in [0.25, 0.3) is 0 Å². The molecule has 35 heavy (non-hydrogen) atoms. The maximum atomic E-state index is 13.3. The summed E-state index contributed by atoms with van der Waals surface area (Å²) in [5, 5.41) is 17.9. The van der Waals surface area contributed by atoms with Crippen molar-refractivity contribution in [2.24, 2.45) is 5.92 Å². The van der Waals surface area contributed by atoms with E-state index >= 15 is 0 Å². The highest BCUT2D eigenvalue weighted by Crippen LogP contribution is 2.35. The van der Waals surface area contributed by atoms with Crippen molar-refractivity contribution in [2.45, 2.75) is 32.2 Å². The predicted octanol–water partition coefficient (Wildman–Crippen LogP) is 3.79. The third kappa shape index (κ3) is 6.23. The highest BCUT2D eigenvalue weighted by atomic mass is 19.4. The van der Waals surface area contributed by atoms with Gasteiger partial charge in [-0.15, -0.1) is 0 Å². The first kappa shape index (κ1) is 26.3. The standard InChI is InChI=1S/C24H29F3N4O4/c1-14-12-31(15(2)13-32)22(33)18-5-4-6-19(21(18)35-20(14)11-28-3)30-23(34)29-17-9-7-16(8-10-17)24(25,26)27/h4-10,14-15,20,28,32H,11-13H2,1-3H3,(H2,29,30,34)/t14-,15-,20+/m1/s1. The molecule has 1 aliphatic rings. The van der Waals surface area contributed by atoms with E-state index in [2.05, 4.69) is 16.0 Å². The molecule has 0 bridgehead atoms. The number of fused-ring (bicyclic) bond motifs is 1. The fourth-order valence-corrected chi connectivity index (χ4v) is 3.81. The fraction of sp³-hybridized carbons (Fsp3) is 0.417. The zero-order chi connectivity index (χ0) is 25.8. The number of carbonyl (C=O) groups excluding carboxylic acids is 2. The maximum Gasteiger partial charge on any atom is 0.416 e. The number of likely N-dealkylation sites (N-methyl/N-ethyl adjacent to an activating group) is 1. The summed E-state index contributed by atoms with van der Waals surface area (Å²) in [6, 6.07) is 7.65. The van der Waals surface area contributed by atoms with Crippen molar-refractivity contribution in [3.05, 3.63) is 53.6 Å². The molecule has 190 valence electrons. The van der Waals surface area contributed by atoms with Crippen molar-refractivity contribution in [1.29, 1.82) is 0 Å². The van der Waals surface area contributed by atoms with E-state index in [0.29, 0.717) is 13.1 Å². The summed E-state index contributed by atoms with van der Waals surface area (Å²) in [7, 11) is 1.77. The SMILES string of the molecule is CNC[C@@H]1Oc2c(NC(=O)Nc3ccc(C(F)(F)F)cc3)cccc2C(=O)N([C@H](C)CO)C[C@H]1C. The van der Waals surface area contributed by atoms with Crippen molar-refractivity contribution < 1.29 is 32.6 Å². The summed E-state index contributed by atoms with van der Waals surface area (Å²) >= 11 is 0. The Morgan fingerprint density at radius 2 is 1.89 bits per heavy atom. The minimum Gasteiger partial charge on any atom is -0.486 e. The number of para-hydroxylation sites is 1. The van der Waals surface area contributed by atoms with E-state index in [1.807, 2.05) is 6.92 Å². The lowest BCUT2D eigenvalue weighted by atomic mass is 9.99. The van der Waals surface area contributed by atoms with Crippen LogP contribution in [0.15, 0.2) is 42.5 Å². The summed E-state index contributed by atoms with van der Waals surface area (Å²) in [6.45, 7) is 4.32. The van der Waals surface area contributed by atoms with E-state index in [0.717, 1.165) is 24.3 Å². The second kappa shape index (κ2) is 11.0. The number of nitrogens with zero attached hydrogens (tertiary/aromatic N) is 1. The van der Waals surface area contributed by atoms with Crippen LogP contribution in [0, 0.1) is 5.92 Å². The van der Waals surface area contributed by atoms with E-state index in [9.17, 15) is 27.9 Å². The Bertz CT molecular complexity index is 1050. The molecular weight excluding hydrogens is 465 g/mol. The Hall–Kier alpha value is -3.31. The normalized spacial score (nSPS) is 19.2. The molecule has 0 radical (unpaired) electrons. The molecule has 3 amide bonds. The highest BCUT2D eigenvalue weighted by Gasteiger charge is 2.34. The Balaban J connectivity index is 1.89. The smallest absolute Gasteiger partial charge is 0.416 e. The molecule has 0 aromatic heterocycles. The first-order valence-corrected chi connectivity index (χ1v) is 11.2. The van der Waals surface area contributed by atoms with Gasteiger partial charge in [0.2, 0.25) is 0 Å². The number of halogens is 3. The molecule has 2 aromatic rings. The van der Waals surface area contributed by atoms with Crippen molar-refractivity contribution in [2.75, 3.05) is 37.4 Å². The predicted molar refractivity (Wildman–Crippen MR) is 126 cm³/mol. The van der Waals surface area contributed by atoms with E-state index in [1.54, 1.807) is 37.1 Å². The lowest BCUT2D eigenvalue weighted by Crippen LogP contribution is -2.49. The molecule has 8 nitrogen and oxygen atoms in total. The van der Waals surface area contributed by atoms with Gasteiger partial charge in [-0.3, -0.25) is 4.79 Å². The molecule has 0 saturated carbocycles. The Morgan fingerprint density at radius 3 is 2.49 bits per heavy atom. The van der Waals surface area contributed by atoms with Gasteiger partial charge in [0, 0.05) is 24.7 Å². The Labute approximate surface area is 201 Å². The third-order valence-corrected chi connectivity index (χ3v) is 5.81. The lowest BCUT2D eigenvalue weighted by molar-refractivity contribution is -0.137. The van der Waals surface area contributed by atoms with Crippen LogP contribution >= 0.6 is 0 Å². The molecule has 0 unspecified atom stereocenters. The number of amides is 3. The molecule has 0 fully saturated rings. The summed E-state index contributed by atoms with van der Waals surface area (Å²) in [4.78, 5) is 27.6. The number of urea groups is 1. The van der Waals surface area contributed by atoms with Gasteiger partial charge < -0.3 is 30.7 Å². The van der Waals surface area contributed by atoms with E-state index in [-0.39, 0.29) is 47.2 Å². The second-order valence-electron chi connectivity index (χ2n) is 8.52. The van der Waals surface area contributed by atoms with Crippen LogP contribution in [0.1, 0.15) is 29.8 Å². The van der Waals surface area contributed by atoms with Gasteiger partial charge in [0.15, 0.2) is 5.75 Å². The third-order valence-electron chi connectivity index (χ3n) is 5.81. The number of benzene rings is 2. The molecule has 2 aromatic carbocycles. The van der Waals surface area contributed by atoms with Gasteiger partial charge in [-0.25, -0.2) is 4.79 Å².